The van der Waals surface area contributed by atoms with Gasteiger partial charge in [0.05, 0.1) is 6.54 Å². The summed E-state index contributed by atoms with van der Waals surface area (Å²) in [6.45, 7) is 2.88. The Kier molecular flexibility index (Phi) is 5.85. The molecule has 5 rings (SSSR count). The molecule has 0 aliphatic rings. The fourth-order valence-corrected chi connectivity index (χ4v) is 4.45. The molecule has 2 aromatic carbocycles. The molecule has 3 aromatic heterocycles. The van der Waals surface area contributed by atoms with Crippen LogP contribution >= 0.6 is 11.3 Å². The first-order valence-corrected chi connectivity index (χ1v) is 11.6. The standard InChI is InChI=1S/C24H23N7S/c1-2-5-23-25-22(14-18-12-13-32-16-18)28-31(23)15-17-8-10-19(11-9-17)20-6-3-4-7-21(20)24-26-29-30-27-24/h3-4,6-13,16H,2,5,14-15H2,1H3,(H,26,27,29,30). The lowest BCUT2D eigenvalue weighted by molar-refractivity contribution is 0.626. The Balaban J connectivity index is 1.38. The summed E-state index contributed by atoms with van der Waals surface area (Å²) < 4.78 is 2.05. The Morgan fingerprint density at radius 1 is 0.969 bits per heavy atom. The van der Waals surface area contributed by atoms with Gasteiger partial charge in [0.1, 0.15) is 5.82 Å². The SMILES string of the molecule is CCCc1nc(Cc2ccsc2)nn1Cc1ccc(-c2ccccc2-c2nn[nH]n2)cc1. The van der Waals surface area contributed by atoms with Crippen molar-refractivity contribution >= 4 is 11.3 Å². The van der Waals surface area contributed by atoms with Gasteiger partial charge in [0, 0.05) is 18.4 Å². The van der Waals surface area contributed by atoms with Crippen LogP contribution in [0.25, 0.3) is 22.5 Å². The van der Waals surface area contributed by atoms with E-state index in [4.69, 9.17) is 10.1 Å². The molecule has 0 fully saturated rings. The Labute approximate surface area is 190 Å². The molecule has 8 heteroatoms. The number of hydrogen-bond donors (Lipinski definition) is 1. The van der Waals surface area contributed by atoms with Crippen LogP contribution < -0.4 is 0 Å². The first-order chi connectivity index (χ1) is 15.8. The number of aromatic nitrogens is 7. The zero-order chi connectivity index (χ0) is 21.8. The fraction of sp³-hybridized carbons (Fsp3) is 0.208. The highest BCUT2D eigenvalue weighted by Crippen LogP contribution is 2.29. The van der Waals surface area contributed by atoms with Gasteiger partial charge in [0.15, 0.2) is 5.82 Å². The summed E-state index contributed by atoms with van der Waals surface area (Å²) >= 11 is 1.71. The van der Waals surface area contributed by atoms with Gasteiger partial charge in [-0.05, 0) is 50.7 Å². The van der Waals surface area contributed by atoms with Crippen LogP contribution in [-0.2, 0) is 19.4 Å². The minimum absolute atomic E-state index is 0.592. The summed E-state index contributed by atoms with van der Waals surface area (Å²) in [5.41, 5.74) is 5.59. The molecule has 0 amide bonds. The molecule has 0 atom stereocenters. The van der Waals surface area contributed by atoms with Crippen LogP contribution in [0, 0.1) is 0 Å². The van der Waals surface area contributed by atoms with Crippen molar-refractivity contribution in [3.05, 3.63) is 88.1 Å². The zero-order valence-corrected chi connectivity index (χ0v) is 18.6. The van der Waals surface area contributed by atoms with Crippen molar-refractivity contribution in [3.63, 3.8) is 0 Å². The number of tetrazole rings is 1. The van der Waals surface area contributed by atoms with E-state index in [2.05, 4.69) is 74.7 Å². The van der Waals surface area contributed by atoms with Crippen LogP contribution in [0.15, 0.2) is 65.4 Å². The molecule has 160 valence electrons. The van der Waals surface area contributed by atoms with Crippen LogP contribution in [-0.4, -0.2) is 35.4 Å². The predicted octanol–water partition coefficient (Wildman–Crippen LogP) is 4.78. The molecule has 0 aliphatic carbocycles. The topological polar surface area (TPSA) is 85.2 Å². The van der Waals surface area contributed by atoms with E-state index < -0.39 is 0 Å². The molecule has 0 spiro atoms. The summed E-state index contributed by atoms with van der Waals surface area (Å²) in [4.78, 5) is 4.81. The highest BCUT2D eigenvalue weighted by Gasteiger charge is 2.13. The molecule has 0 saturated carbocycles. The highest BCUT2D eigenvalue weighted by atomic mass is 32.1. The van der Waals surface area contributed by atoms with Crippen LogP contribution in [0.2, 0.25) is 0 Å². The number of rotatable bonds is 8. The summed E-state index contributed by atoms with van der Waals surface area (Å²) in [5.74, 6) is 2.52. The maximum atomic E-state index is 4.81. The molecule has 0 radical (unpaired) electrons. The quantitative estimate of drug-likeness (QED) is 0.375. The third-order valence-corrected chi connectivity index (χ3v) is 6.05. The lowest BCUT2D eigenvalue weighted by Gasteiger charge is -2.09. The monoisotopic (exact) mass is 441 g/mol. The van der Waals surface area contributed by atoms with Crippen molar-refractivity contribution in [2.75, 3.05) is 0 Å². The van der Waals surface area contributed by atoms with Crippen molar-refractivity contribution < 1.29 is 0 Å². The minimum Gasteiger partial charge on any atom is -0.245 e. The second-order valence-electron chi connectivity index (χ2n) is 7.64. The number of thiophene rings is 1. The summed E-state index contributed by atoms with van der Waals surface area (Å²) in [6, 6.07) is 18.8. The third-order valence-electron chi connectivity index (χ3n) is 5.32. The molecule has 7 nitrogen and oxygen atoms in total. The number of aromatic amines is 1. The van der Waals surface area contributed by atoms with Crippen LogP contribution in [0.1, 0.15) is 36.1 Å². The summed E-state index contributed by atoms with van der Waals surface area (Å²) in [6.07, 6.45) is 2.74. The van der Waals surface area contributed by atoms with Crippen molar-refractivity contribution in [3.8, 4) is 22.5 Å². The van der Waals surface area contributed by atoms with E-state index in [1.807, 2.05) is 22.9 Å². The van der Waals surface area contributed by atoms with Gasteiger partial charge < -0.3 is 0 Å². The number of H-pyrrole nitrogens is 1. The number of hydrogen-bond acceptors (Lipinski definition) is 6. The molecule has 0 saturated heterocycles. The largest absolute Gasteiger partial charge is 0.245 e. The Bertz CT molecular complexity index is 1270. The normalized spacial score (nSPS) is 11.2. The van der Waals surface area contributed by atoms with E-state index in [-0.39, 0.29) is 0 Å². The van der Waals surface area contributed by atoms with Crippen molar-refractivity contribution in [2.24, 2.45) is 0 Å². The van der Waals surface area contributed by atoms with Crippen molar-refractivity contribution in [1.82, 2.24) is 35.4 Å². The number of aryl methyl sites for hydroxylation is 1. The van der Waals surface area contributed by atoms with E-state index in [1.165, 1.54) is 11.1 Å². The Morgan fingerprint density at radius 3 is 2.53 bits per heavy atom. The van der Waals surface area contributed by atoms with Gasteiger partial charge in [-0.25, -0.2) is 9.67 Å². The van der Waals surface area contributed by atoms with Gasteiger partial charge in [0.25, 0.3) is 0 Å². The molecular weight excluding hydrogens is 418 g/mol. The average Bonchev–Trinajstić information content (AvgIpc) is 3.59. The van der Waals surface area contributed by atoms with Gasteiger partial charge in [-0.1, -0.05) is 55.5 Å². The van der Waals surface area contributed by atoms with E-state index in [1.54, 1.807) is 11.3 Å². The third kappa shape index (κ3) is 4.36. The molecule has 3 heterocycles. The molecule has 5 aromatic rings. The number of benzene rings is 2. The first kappa shape index (κ1) is 20.3. The zero-order valence-electron chi connectivity index (χ0n) is 17.8. The van der Waals surface area contributed by atoms with Crippen molar-refractivity contribution in [2.45, 2.75) is 32.7 Å². The summed E-state index contributed by atoms with van der Waals surface area (Å²) in [5, 5.41) is 23.6. The second-order valence-corrected chi connectivity index (χ2v) is 8.42. The van der Waals surface area contributed by atoms with Gasteiger partial charge in [-0.15, -0.1) is 10.2 Å². The fourth-order valence-electron chi connectivity index (χ4n) is 3.78. The van der Waals surface area contributed by atoms with Gasteiger partial charge >= 0.3 is 0 Å². The Morgan fingerprint density at radius 2 is 1.81 bits per heavy atom. The van der Waals surface area contributed by atoms with E-state index >= 15 is 0 Å². The van der Waals surface area contributed by atoms with Crippen molar-refractivity contribution in [1.29, 1.82) is 0 Å². The van der Waals surface area contributed by atoms with Crippen LogP contribution in [0.4, 0.5) is 0 Å². The van der Waals surface area contributed by atoms with Crippen LogP contribution in [0.5, 0.6) is 0 Å². The van der Waals surface area contributed by atoms with Crippen LogP contribution in [0.3, 0.4) is 0 Å². The van der Waals surface area contributed by atoms with E-state index in [9.17, 15) is 0 Å². The average molecular weight is 442 g/mol. The van der Waals surface area contributed by atoms with Gasteiger partial charge in [0.2, 0.25) is 5.82 Å². The van der Waals surface area contributed by atoms with E-state index in [0.29, 0.717) is 12.4 Å². The second kappa shape index (κ2) is 9.23. The number of nitrogens with one attached hydrogen (secondary N) is 1. The smallest absolute Gasteiger partial charge is 0.205 e. The molecule has 0 unspecified atom stereocenters. The Hall–Kier alpha value is -3.65. The predicted molar refractivity (Wildman–Crippen MR) is 125 cm³/mol. The maximum Gasteiger partial charge on any atom is 0.205 e. The molecule has 0 bridgehead atoms. The number of nitrogens with zero attached hydrogens (tertiary/aromatic N) is 6. The minimum atomic E-state index is 0.592. The molecule has 1 N–H and O–H groups in total. The molecule has 32 heavy (non-hydrogen) atoms. The lowest BCUT2D eigenvalue weighted by atomic mass is 9.98. The summed E-state index contributed by atoms with van der Waals surface area (Å²) in [7, 11) is 0. The first-order valence-electron chi connectivity index (χ1n) is 10.7. The maximum absolute atomic E-state index is 4.81. The van der Waals surface area contributed by atoms with Gasteiger partial charge in [-0.2, -0.15) is 21.6 Å². The van der Waals surface area contributed by atoms with E-state index in [0.717, 1.165) is 47.6 Å². The lowest BCUT2D eigenvalue weighted by Crippen LogP contribution is -2.07. The van der Waals surface area contributed by atoms with Gasteiger partial charge in [-0.3, -0.25) is 0 Å². The highest BCUT2D eigenvalue weighted by molar-refractivity contribution is 7.07. The molecule has 0 aliphatic heterocycles. The molecular formula is C24H23N7S.